The molecular weight excluding hydrogens is 622 g/mol. The summed E-state index contributed by atoms with van der Waals surface area (Å²) in [5, 5.41) is 10.1. The summed E-state index contributed by atoms with van der Waals surface area (Å²) in [7, 11) is 0. The summed E-state index contributed by atoms with van der Waals surface area (Å²) in [4.78, 5) is 12.9. The van der Waals surface area contributed by atoms with Gasteiger partial charge in [-0.25, -0.2) is 17.6 Å². The minimum Gasteiger partial charge on any atom is -0.491 e. The van der Waals surface area contributed by atoms with Gasteiger partial charge in [0.15, 0.2) is 34.8 Å². The number of halogens is 6. The van der Waals surface area contributed by atoms with E-state index < -0.39 is 69.8 Å². The third-order valence-electron chi connectivity index (χ3n) is 9.50. The number of esters is 1. The second-order valence-corrected chi connectivity index (χ2v) is 12.3. The maximum atomic E-state index is 15.1. The fraction of sp³-hybridized carbons (Fsp3) is 0.432. The molecule has 0 aliphatic heterocycles. The Balaban J connectivity index is 1.18. The Hall–Kier alpha value is -3.79. The van der Waals surface area contributed by atoms with Crippen molar-refractivity contribution in [3.8, 4) is 22.6 Å². The van der Waals surface area contributed by atoms with Gasteiger partial charge in [-0.2, -0.15) is 8.78 Å². The van der Waals surface area contributed by atoms with Gasteiger partial charge in [-0.05, 0) is 100.0 Å². The van der Waals surface area contributed by atoms with Crippen LogP contribution in [0.3, 0.4) is 0 Å². The number of carbonyl (C=O) groups is 1. The highest BCUT2D eigenvalue weighted by molar-refractivity contribution is 5.76. The molecule has 47 heavy (non-hydrogen) atoms. The molecule has 0 spiro atoms. The van der Waals surface area contributed by atoms with Crippen LogP contribution in [0.5, 0.6) is 11.5 Å². The third-order valence-corrected chi connectivity index (χ3v) is 9.50. The first-order chi connectivity index (χ1) is 22.5. The van der Waals surface area contributed by atoms with Crippen LogP contribution in [-0.2, 0) is 4.79 Å². The summed E-state index contributed by atoms with van der Waals surface area (Å²) in [5.41, 5.74) is -0.339. The van der Waals surface area contributed by atoms with Crippen molar-refractivity contribution in [1.29, 1.82) is 0 Å². The largest absolute Gasteiger partial charge is 0.491 e. The normalized spacial score (nSPS) is 20.4. The monoisotopic (exact) mass is 660 g/mol. The number of hydrogen-bond donors (Lipinski definition) is 1. The molecule has 10 heteroatoms. The maximum Gasteiger partial charge on any atom is 0.314 e. The molecule has 0 heterocycles. The van der Waals surface area contributed by atoms with Gasteiger partial charge in [-0.1, -0.05) is 31.6 Å². The van der Waals surface area contributed by atoms with Crippen LogP contribution < -0.4 is 9.47 Å². The van der Waals surface area contributed by atoms with Crippen LogP contribution in [0, 0.1) is 52.7 Å². The van der Waals surface area contributed by atoms with E-state index in [1.807, 2.05) is 6.08 Å². The quantitative estimate of drug-likeness (QED) is 0.134. The van der Waals surface area contributed by atoms with Gasteiger partial charge in [-0.3, -0.25) is 4.79 Å². The zero-order valence-electron chi connectivity index (χ0n) is 26.4. The molecule has 2 atom stereocenters. The predicted molar refractivity (Wildman–Crippen MR) is 166 cm³/mol. The molecule has 0 saturated heterocycles. The standard InChI is InChI=1S/C37H38F6O4/c1-3-5-28(44)27-15-14-25(32(39)34(27)41)26-17-19-30(36(43)33(26)40)47-37(45)23-12-8-21(9-13-23)20-6-10-22(11-7-20)24-16-18-29(46-4-2)35(42)31(24)38/h10,14-21,23,28,44H,3-9,11-13H2,1-2H3. The number of allylic oxidation sites excluding steroid dienone is 2. The van der Waals surface area contributed by atoms with Gasteiger partial charge in [0.2, 0.25) is 11.6 Å². The van der Waals surface area contributed by atoms with E-state index in [1.165, 1.54) is 6.07 Å². The molecule has 4 nitrogen and oxygen atoms in total. The lowest BCUT2D eigenvalue weighted by Crippen LogP contribution is -2.29. The third kappa shape index (κ3) is 7.22. The molecule has 3 aromatic rings. The summed E-state index contributed by atoms with van der Waals surface area (Å²) in [6.45, 7) is 3.70. The molecule has 3 aromatic carbocycles. The smallest absolute Gasteiger partial charge is 0.314 e. The molecular formula is C37H38F6O4. The van der Waals surface area contributed by atoms with Gasteiger partial charge < -0.3 is 14.6 Å². The Morgan fingerprint density at radius 3 is 1.98 bits per heavy atom. The van der Waals surface area contributed by atoms with Crippen molar-refractivity contribution in [3.05, 3.63) is 88.5 Å². The highest BCUT2D eigenvalue weighted by Crippen LogP contribution is 2.43. The van der Waals surface area contributed by atoms with Crippen molar-refractivity contribution < 1.29 is 45.7 Å². The number of carbonyl (C=O) groups excluding carboxylic acids is 1. The van der Waals surface area contributed by atoms with E-state index in [0.29, 0.717) is 43.9 Å². The number of hydrogen-bond acceptors (Lipinski definition) is 4. The fourth-order valence-corrected chi connectivity index (χ4v) is 6.87. The first-order valence-corrected chi connectivity index (χ1v) is 16.2. The molecule has 0 bridgehead atoms. The molecule has 252 valence electrons. The van der Waals surface area contributed by atoms with Crippen LogP contribution >= 0.6 is 0 Å². The van der Waals surface area contributed by atoms with Crippen molar-refractivity contribution in [2.45, 2.75) is 77.7 Å². The summed E-state index contributed by atoms with van der Waals surface area (Å²) >= 11 is 0. The lowest BCUT2D eigenvalue weighted by atomic mass is 9.71. The van der Waals surface area contributed by atoms with E-state index in [9.17, 15) is 27.5 Å². The van der Waals surface area contributed by atoms with E-state index >= 15 is 8.78 Å². The highest BCUT2D eigenvalue weighted by atomic mass is 19.2. The number of rotatable bonds is 10. The van der Waals surface area contributed by atoms with E-state index in [2.05, 4.69) is 0 Å². The van der Waals surface area contributed by atoms with Crippen LogP contribution in [0.25, 0.3) is 16.7 Å². The summed E-state index contributed by atoms with van der Waals surface area (Å²) in [6, 6.07) is 7.25. The summed E-state index contributed by atoms with van der Waals surface area (Å²) in [6.07, 6.45) is 6.00. The number of aliphatic hydroxyl groups is 1. The zero-order valence-corrected chi connectivity index (χ0v) is 26.4. The minimum absolute atomic E-state index is 0.110. The van der Waals surface area contributed by atoms with Crippen molar-refractivity contribution in [2.24, 2.45) is 17.8 Å². The lowest BCUT2D eigenvalue weighted by molar-refractivity contribution is -0.140. The van der Waals surface area contributed by atoms with E-state index in [0.717, 1.165) is 49.1 Å². The van der Waals surface area contributed by atoms with E-state index in [4.69, 9.17) is 9.47 Å². The van der Waals surface area contributed by atoms with E-state index in [-0.39, 0.29) is 29.9 Å². The van der Waals surface area contributed by atoms with Crippen LogP contribution in [0.1, 0.15) is 88.9 Å². The van der Waals surface area contributed by atoms with Crippen molar-refractivity contribution in [3.63, 3.8) is 0 Å². The molecule has 5 rings (SSSR count). The van der Waals surface area contributed by atoms with Crippen LogP contribution in [0.2, 0.25) is 0 Å². The zero-order chi connectivity index (χ0) is 33.8. The number of ether oxygens (including phenoxy) is 2. The molecule has 1 saturated carbocycles. The van der Waals surface area contributed by atoms with Gasteiger partial charge in [0, 0.05) is 22.3 Å². The average Bonchev–Trinajstić information content (AvgIpc) is 3.07. The van der Waals surface area contributed by atoms with Gasteiger partial charge in [0.05, 0.1) is 18.6 Å². The molecule has 2 unspecified atom stereocenters. The number of aliphatic hydroxyl groups excluding tert-OH is 1. The van der Waals surface area contributed by atoms with Gasteiger partial charge in [0.25, 0.3) is 0 Å². The molecule has 2 aliphatic carbocycles. The maximum absolute atomic E-state index is 15.1. The summed E-state index contributed by atoms with van der Waals surface area (Å²) < 4.78 is 99.0. The van der Waals surface area contributed by atoms with Crippen molar-refractivity contribution in [1.82, 2.24) is 0 Å². The Morgan fingerprint density at radius 2 is 1.34 bits per heavy atom. The van der Waals surface area contributed by atoms with Gasteiger partial charge in [-0.15, -0.1) is 0 Å². The molecule has 0 radical (unpaired) electrons. The predicted octanol–water partition coefficient (Wildman–Crippen LogP) is 10.0. The van der Waals surface area contributed by atoms with Crippen molar-refractivity contribution >= 4 is 11.5 Å². The number of benzene rings is 3. The lowest BCUT2D eigenvalue weighted by Gasteiger charge is -2.35. The Bertz CT molecular complexity index is 1650. The molecule has 0 amide bonds. The van der Waals surface area contributed by atoms with Gasteiger partial charge >= 0.3 is 5.97 Å². The first-order valence-electron chi connectivity index (χ1n) is 16.2. The van der Waals surface area contributed by atoms with Crippen LogP contribution in [0.15, 0.2) is 42.5 Å². The SMILES string of the molecule is CCCC(O)c1ccc(-c2ccc(OC(=O)C3CCC(C4CC=C(c5ccc(OCC)c(F)c5F)CC4)CC3)c(F)c2F)c(F)c1F. The minimum atomic E-state index is -1.49. The average molecular weight is 661 g/mol. The van der Waals surface area contributed by atoms with Crippen LogP contribution in [-0.4, -0.2) is 17.7 Å². The van der Waals surface area contributed by atoms with Gasteiger partial charge in [0.1, 0.15) is 0 Å². The Labute approximate surface area is 270 Å². The molecule has 1 fully saturated rings. The highest BCUT2D eigenvalue weighted by Gasteiger charge is 2.34. The molecule has 1 N–H and O–H groups in total. The molecule has 2 aliphatic rings. The van der Waals surface area contributed by atoms with Crippen molar-refractivity contribution in [2.75, 3.05) is 6.61 Å². The fourth-order valence-electron chi connectivity index (χ4n) is 6.87. The second kappa shape index (κ2) is 15.0. The van der Waals surface area contributed by atoms with Crippen LogP contribution in [0.4, 0.5) is 26.3 Å². The topological polar surface area (TPSA) is 55.8 Å². The summed E-state index contributed by atoms with van der Waals surface area (Å²) in [5.74, 6) is -8.97. The second-order valence-electron chi connectivity index (χ2n) is 12.3. The Morgan fingerprint density at radius 1 is 0.745 bits per heavy atom. The Kier molecular flexibility index (Phi) is 11.0. The molecule has 0 aromatic heterocycles. The first kappa shape index (κ1) is 34.5. The van der Waals surface area contributed by atoms with E-state index in [1.54, 1.807) is 19.9 Å².